The lowest BCUT2D eigenvalue weighted by atomic mass is 9.45. The molecule has 0 radical (unpaired) electrons. The van der Waals surface area contributed by atoms with E-state index in [0.717, 1.165) is 23.7 Å². The Kier molecular flexibility index (Phi) is 12.2. The molecule has 0 aromatic carbocycles. The van der Waals surface area contributed by atoms with Crippen molar-refractivity contribution in [2.75, 3.05) is 0 Å². The first kappa shape index (κ1) is 34.2. The van der Waals surface area contributed by atoms with Crippen molar-refractivity contribution in [2.45, 2.75) is 200 Å². The van der Waals surface area contributed by atoms with E-state index in [4.69, 9.17) is 8.85 Å². The molecule has 240 valence electrons. The summed E-state index contributed by atoms with van der Waals surface area (Å²) in [5.41, 5.74) is 0.989. The van der Waals surface area contributed by atoms with Gasteiger partial charge in [0.25, 0.3) is 0 Å². The second kappa shape index (κ2) is 14.6. The first-order valence-corrected chi connectivity index (χ1v) is 24.1. The van der Waals surface area contributed by atoms with E-state index >= 15 is 0 Å². The topological polar surface area (TPSA) is 18.5 Å². The van der Waals surface area contributed by atoms with E-state index < -0.39 is 16.6 Å². The lowest BCUT2D eigenvalue weighted by Crippen LogP contribution is -2.56. The quantitative estimate of drug-likeness (QED) is 0.163. The summed E-state index contributed by atoms with van der Waals surface area (Å²) in [5, 5.41) is 0. The molecule has 4 fully saturated rings. The van der Waals surface area contributed by atoms with Gasteiger partial charge < -0.3 is 8.85 Å². The van der Waals surface area contributed by atoms with Gasteiger partial charge in [0.05, 0.1) is 6.10 Å². The second-order valence-electron chi connectivity index (χ2n) is 16.3. The zero-order valence-electron chi connectivity index (χ0n) is 29.1. The first-order valence-electron chi connectivity index (χ1n) is 19.0. The van der Waals surface area contributed by atoms with Crippen LogP contribution in [0.5, 0.6) is 0 Å². The molecule has 0 N–H and O–H groups in total. The zero-order chi connectivity index (χ0) is 29.7. The third-order valence-corrected chi connectivity index (χ3v) is 23.7. The number of fused-ring (bicyclic) bond motifs is 5. The molecular formula is C37H72O2Si2. The van der Waals surface area contributed by atoms with Crippen molar-refractivity contribution in [2.24, 2.45) is 34.5 Å². The number of hydrogen-bond acceptors (Lipinski definition) is 2. The van der Waals surface area contributed by atoms with Gasteiger partial charge in [-0.15, -0.1) is 0 Å². The smallest absolute Gasteiger partial charge is 0.193 e. The normalized spacial score (nSPS) is 37.5. The molecule has 0 aromatic heterocycles. The summed E-state index contributed by atoms with van der Waals surface area (Å²) in [6, 6.07) is 8.33. The fourth-order valence-corrected chi connectivity index (χ4v) is 21.6. The predicted molar refractivity (Wildman–Crippen MR) is 184 cm³/mol. The average Bonchev–Trinajstić information content (AvgIpc) is 3.25. The minimum Gasteiger partial charge on any atom is -0.414 e. The molecule has 0 amide bonds. The van der Waals surface area contributed by atoms with Crippen molar-refractivity contribution in [1.82, 2.24) is 0 Å². The van der Waals surface area contributed by atoms with Crippen LogP contribution in [0.4, 0.5) is 0 Å². The van der Waals surface area contributed by atoms with E-state index in [-0.39, 0.29) is 0 Å². The highest BCUT2D eigenvalue weighted by Gasteiger charge is 2.61. The lowest BCUT2D eigenvalue weighted by molar-refractivity contribution is -0.131. The largest absolute Gasteiger partial charge is 0.414 e. The molecule has 41 heavy (non-hydrogen) atoms. The fourth-order valence-electron chi connectivity index (χ4n) is 12.0. The van der Waals surface area contributed by atoms with Gasteiger partial charge in [-0.25, -0.2) is 0 Å². The molecule has 4 aliphatic carbocycles. The molecule has 2 nitrogen and oxygen atoms in total. The summed E-state index contributed by atoms with van der Waals surface area (Å²) in [6.07, 6.45) is 21.8. The van der Waals surface area contributed by atoms with E-state index in [1.165, 1.54) is 133 Å². The van der Waals surface area contributed by atoms with Gasteiger partial charge in [-0.05, 0) is 129 Å². The fraction of sp³-hybridized carbons (Fsp3) is 1.00. The van der Waals surface area contributed by atoms with E-state index in [2.05, 4.69) is 55.4 Å². The van der Waals surface area contributed by atoms with Gasteiger partial charge >= 0.3 is 0 Å². The van der Waals surface area contributed by atoms with Crippen LogP contribution in [-0.4, -0.2) is 28.8 Å². The molecule has 0 heterocycles. The summed E-state index contributed by atoms with van der Waals surface area (Å²) < 4.78 is 14.9. The Morgan fingerprint density at radius 1 is 0.537 bits per heavy atom. The van der Waals surface area contributed by atoms with Crippen molar-refractivity contribution in [1.29, 1.82) is 0 Å². The molecule has 4 rings (SSSR count). The Morgan fingerprint density at radius 2 is 1.02 bits per heavy atom. The van der Waals surface area contributed by atoms with Crippen LogP contribution in [0.3, 0.4) is 0 Å². The molecular weight excluding hydrogens is 533 g/mol. The van der Waals surface area contributed by atoms with Gasteiger partial charge in [-0.3, -0.25) is 0 Å². The monoisotopic (exact) mass is 605 g/mol. The van der Waals surface area contributed by atoms with Crippen molar-refractivity contribution >= 4 is 16.6 Å². The minimum atomic E-state index is -1.63. The van der Waals surface area contributed by atoms with Gasteiger partial charge in [0.2, 0.25) is 0 Å². The molecule has 0 unspecified atom stereocenters. The molecule has 4 aliphatic rings. The van der Waals surface area contributed by atoms with Crippen LogP contribution in [0.25, 0.3) is 0 Å². The first-order chi connectivity index (χ1) is 19.7. The molecule has 0 aliphatic heterocycles. The molecule has 0 aromatic rings. The molecule has 0 saturated heterocycles. The van der Waals surface area contributed by atoms with E-state index in [1.807, 2.05) is 0 Å². The summed E-state index contributed by atoms with van der Waals surface area (Å²) in [5.74, 6) is 3.71. The SMILES string of the molecule is CCC[Si](CCC)(CCC)O[C@H]1CC[C@@]2(C)[C@@H](CC[C@@H]3[C@@H]2CC[C@]2(C)[C@@H](O[Si](CCC)(CCC)CCC)CC[C@@H]32)C1. The maximum atomic E-state index is 7.55. The Morgan fingerprint density at radius 3 is 1.56 bits per heavy atom. The lowest BCUT2D eigenvalue weighted by Gasteiger charge is -2.61. The van der Waals surface area contributed by atoms with Crippen molar-refractivity contribution in [3.8, 4) is 0 Å². The maximum Gasteiger partial charge on any atom is 0.193 e. The van der Waals surface area contributed by atoms with E-state index in [0.29, 0.717) is 23.0 Å². The van der Waals surface area contributed by atoms with Crippen LogP contribution in [0.15, 0.2) is 0 Å². The molecule has 8 atom stereocenters. The van der Waals surface area contributed by atoms with Crippen LogP contribution in [0, 0.1) is 34.5 Å². The van der Waals surface area contributed by atoms with Crippen molar-refractivity contribution in [3.63, 3.8) is 0 Å². The second-order valence-corrected chi connectivity index (χ2v) is 24.5. The highest BCUT2D eigenvalue weighted by atomic mass is 28.4. The average molecular weight is 605 g/mol. The zero-order valence-corrected chi connectivity index (χ0v) is 31.1. The summed E-state index contributed by atoms with van der Waals surface area (Å²) >= 11 is 0. The van der Waals surface area contributed by atoms with Gasteiger partial charge in [-0.1, -0.05) is 93.9 Å². The van der Waals surface area contributed by atoms with Crippen LogP contribution in [-0.2, 0) is 8.85 Å². The summed E-state index contributed by atoms with van der Waals surface area (Å²) in [6.45, 7) is 19.8. The number of hydrogen-bond donors (Lipinski definition) is 0. The Balaban J connectivity index is 1.45. The molecule has 4 saturated carbocycles. The highest BCUT2D eigenvalue weighted by Crippen LogP contribution is 2.67. The van der Waals surface area contributed by atoms with Crippen molar-refractivity contribution in [3.05, 3.63) is 0 Å². The van der Waals surface area contributed by atoms with Gasteiger partial charge in [0, 0.05) is 6.10 Å². The maximum absolute atomic E-state index is 7.55. The standard InChI is InChI=1S/C37H72O2Si2/c1-9-23-40(24-10-2,25-11-3)38-31-19-21-36(7)30(29-31)15-16-32-33-17-18-35(37(33,8)22-20-34(32)36)39-41(26-12-4,27-13-5)28-14-6/h30-35H,9-29H2,1-8H3/t30-,31-,32-,33-,34-,35-,36-,37-/m0/s1. The number of rotatable bonds is 16. The Labute approximate surface area is 259 Å². The van der Waals surface area contributed by atoms with Crippen LogP contribution in [0.2, 0.25) is 36.3 Å². The highest BCUT2D eigenvalue weighted by molar-refractivity contribution is 6.74. The van der Waals surface area contributed by atoms with Crippen LogP contribution >= 0.6 is 0 Å². The third-order valence-electron chi connectivity index (χ3n) is 13.6. The van der Waals surface area contributed by atoms with E-state index in [9.17, 15) is 0 Å². The molecule has 4 heteroatoms. The Bertz CT molecular complexity index is 768. The van der Waals surface area contributed by atoms with Gasteiger partial charge in [0.1, 0.15) is 0 Å². The molecule has 0 bridgehead atoms. The predicted octanol–water partition coefficient (Wildman–Crippen LogP) is 12.2. The van der Waals surface area contributed by atoms with Crippen LogP contribution in [0.1, 0.15) is 152 Å². The minimum absolute atomic E-state index is 0.434. The molecule has 0 spiro atoms. The third kappa shape index (κ3) is 6.96. The Hall–Kier alpha value is 0.354. The van der Waals surface area contributed by atoms with Crippen molar-refractivity contribution < 1.29 is 8.85 Å². The summed E-state index contributed by atoms with van der Waals surface area (Å²) in [7, 11) is -3.21. The van der Waals surface area contributed by atoms with Crippen LogP contribution < -0.4 is 0 Å². The van der Waals surface area contributed by atoms with E-state index in [1.54, 1.807) is 0 Å². The van der Waals surface area contributed by atoms with Gasteiger partial charge in [0.15, 0.2) is 16.6 Å². The van der Waals surface area contributed by atoms with Gasteiger partial charge in [-0.2, -0.15) is 0 Å². The summed E-state index contributed by atoms with van der Waals surface area (Å²) in [4.78, 5) is 0.